The number of hydrogen-bond acceptors (Lipinski definition) is 5. The molecule has 1 N–H and O–H groups in total. The van der Waals surface area contributed by atoms with Crippen molar-refractivity contribution in [3.63, 3.8) is 0 Å². The molecule has 1 saturated carbocycles. The quantitative estimate of drug-likeness (QED) is 0.479. The van der Waals surface area contributed by atoms with Gasteiger partial charge in [0.2, 0.25) is 5.91 Å². The molecule has 5 rings (SSSR count). The minimum atomic E-state index is -0.329. The summed E-state index contributed by atoms with van der Waals surface area (Å²) < 4.78 is 7.56. The second-order valence-electron chi connectivity index (χ2n) is 8.31. The van der Waals surface area contributed by atoms with Crippen LogP contribution in [0.3, 0.4) is 0 Å². The van der Waals surface area contributed by atoms with Crippen molar-refractivity contribution in [1.29, 1.82) is 0 Å². The Kier molecular flexibility index (Phi) is 4.70. The molecule has 7 nitrogen and oxygen atoms in total. The molecule has 2 aromatic rings. The summed E-state index contributed by atoms with van der Waals surface area (Å²) in [6.07, 6.45) is 5.27. The Morgan fingerprint density at radius 1 is 1.30 bits per heavy atom. The fraction of sp³-hybridized carbons (Fsp3) is 0.435. The molecule has 1 aromatic carbocycles. The van der Waals surface area contributed by atoms with Crippen LogP contribution in [-0.2, 0) is 22.4 Å². The van der Waals surface area contributed by atoms with Gasteiger partial charge in [0.1, 0.15) is 5.69 Å². The molecular weight excluding hydrogens is 380 g/mol. The molecule has 1 aromatic heterocycles. The largest absolute Gasteiger partial charge is 0.424 e. The first-order valence-electron chi connectivity index (χ1n) is 10.6. The van der Waals surface area contributed by atoms with Crippen LogP contribution in [-0.4, -0.2) is 46.2 Å². The number of rotatable bonds is 4. The monoisotopic (exact) mass is 406 g/mol. The fourth-order valence-corrected chi connectivity index (χ4v) is 4.66. The van der Waals surface area contributed by atoms with Gasteiger partial charge in [-0.05, 0) is 42.5 Å². The zero-order valence-electron chi connectivity index (χ0n) is 17.2. The predicted octanol–water partition coefficient (Wildman–Crippen LogP) is 2.43. The Morgan fingerprint density at radius 2 is 2.13 bits per heavy atom. The fourth-order valence-electron chi connectivity index (χ4n) is 4.66. The highest BCUT2D eigenvalue weighted by Gasteiger charge is 2.34. The Morgan fingerprint density at radius 3 is 2.87 bits per heavy atom. The molecule has 0 spiro atoms. The van der Waals surface area contributed by atoms with Crippen molar-refractivity contribution in [3.05, 3.63) is 53.4 Å². The number of esters is 1. The second kappa shape index (κ2) is 7.40. The minimum absolute atomic E-state index is 0.0465. The first-order valence-corrected chi connectivity index (χ1v) is 10.6. The number of nitrogens with one attached hydrogen (secondary N) is 1. The van der Waals surface area contributed by atoms with Crippen molar-refractivity contribution in [2.45, 2.75) is 44.6 Å². The summed E-state index contributed by atoms with van der Waals surface area (Å²) in [5.74, 6) is 0.766. The van der Waals surface area contributed by atoms with Gasteiger partial charge in [0.15, 0.2) is 5.75 Å². The summed E-state index contributed by atoms with van der Waals surface area (Å²) in [7, 11) is 0. The Bertz CT molecular complexity index is 1040. The topological polar surface area (TPSA) is 76.5 Å². The number of hydrogen-bond donors (Lipinski definition) is 1. The number of ether oxygens (including phenoxy) is 1. The summed E-state index contributed by atoms with van der Waals surface area (Å²) in [6.45, 7) is 7.08. The lowest BCUT2D eigenvalue weighted by molar-refractivity contribution is -0.132. The summed E-state index contributed by atoms with van der Waals surface area (Å²) in [4.78, 5) is 25.8. The highest BCUT2D eigenvalue weighted by molar-refractivity contribution is 5.87. The summed E-state index contributed by atoms with van der Waals surface area (Å²) in [5.41, 5.74) is 5.34. The van der Waals surface area contributed by atoms with E-state index in [9.17, 15) is 9.59 Å². The Labute approximate surface area is 175 Å². The molecule has 2 aliphatic heterocycles. The highest BCUT2D eigenvalue weighted by atomic mass is 16.5. The van der Waals surface area contributed by atoms with E-state index >= 15 is 0 Å². The number of amides is 1. The van der Waals surface area contributed by atoms with Gasteiger partial charge in [-0.25, -0.2) is 4.68 Å². The van der Waals surface area contributed by atoms with E-state index in [1.54, 1.807) is 0 Å². The lowest BCUT2D eigenvalue weighted by atomic mass is 9.98. The molecule has 0 saturated heterocycles. The van der Waals surface area contributed by atoms with Gasteiger partial charge in [-0.15, -0.1) is 0 Å². The molecular formula is C23H26N4O3. The van der Waals surface area contributed by atoms with Gasteiger partial charge >= 0.3 is 5.97 Å². The molecule has 1 aliphatic carbocycles. The van der Waals surface area contributed by atoms with Gasteiger partial charge in [0.25, 0.3) is 0 Å². The molecule has 1 amide bonds. The molecule has 0 radical (unpaired) electrons. The molecule has 1 fully saturated rings. The first kappa shape index (κ1) is 19.1. The van der Waals surface area contributed by atoms with Crippen LogP contribution in [0, 0.1) is 0 Å². The molecule has 3 aliphatic rings. The maximum absolute atomic E-state index is 12.2. The van der Waals surface area contributed by atoms with Crippen LogP contribution in [0.4, 0.5) is 0 Å². The molecule has 156 valence electrons. The average Bonchev–Trinajstić information content (AvgIpc) is 3.54. The highest BCUT2D eigenvalue weighted by Crippen LogP contribution is 2.43. The van der Waals surface area contributed by atoms with Crippen LogP contribution >= 0.6 is 0 Å². The lowest BCUT2D eigenvalue weighted by Gasteiger charge is -2.28. The van der Waals surface area contributed by atoms with E-state index in [0.717, 1.165) is 30.0 Å². The second-order valence-corrected chi connectivity index (χ2v) is 8.31. The zero-order chi connectivity index (χ0) is 20.8. The molecule has 7 heteroatoms. The van der Waals surface area contributed by atoms with Crippen LogP contribution in [0.15, 0.2) is 30.9 Å². The molecule has 3 heterocycles. The van der Waals surface area contributed by atoms with Crippen molar-refractivity contribution in [3.8, 4) is 11.4 Å². The number of aromatic nitrogens is 2. The van der Waals surface area contributed by atoms with Crippen molar-refractivity contribution in [2.24, 2.45) is 0 Å². The minimum Gasteiger partial charge on any atom is -0.424 e. The summed E-state index contributed by atoms with van der Waals surface area (Å²) in [6, 6.07) is 6.20. The van der Waals surface area contributed by atoms with Gasteiger partial charge in [0, 0.05) is 45.0 Å². The SMILES string of the molecule is C=CC(=O)N1CCc2nn(-c3ccc(C4CC4)cc3OC(C)=O)c3c2C(C1)NCC3. The summed E-state index contributed by atoms with van der Waals surface area (Å²) in [5, 5.41) is 8.48. The third kappa shape index (κ3) is 3.33. The number of carbonyl (C=O) groups excluding carboxylic acids is 2. The van der Waals surface area contributed by atoms with Gasteiger partial charge in [0.05, 0.1) is 17.4 Å². The lowest BCUT2D eigenvalue weighted by Crippen LogP contribution is -2.40. The van der Waals surface area contributed by atoms with Crippen molar-refractivity contribution >= 4 is 11.9 Å². The average molecular weight is 406 g/mol. The smallest absolute Gasteiger partial charge is 0.308 e. The van der Waals surface area contributed by atoms with Gasteiger partial charge in [-0.3, -0.25) is 9.59 Å². The Balaban J connectivity index is 1.57. The third-order valence-corrected chi connectivity index (χ3v) is 6.22. The van der Waals surface area contributed by atoms with E-state index in [1.165, 1.54) is 37.0 Å². The molecule has 1 unspecified atom stereocenters. The van der Waals surface area contributed by atoms with Crippen LogP contribution < -0.4 is 10.1 Å². The summed E-state index contributed by atoms with van der Waals surface area (Å²) >= 11 is 0. The van der Waals surface area contributed by atoms with Crippen LogP contribution in [0.2, 0.25) is 0 Å². The van der Waals surface area contributed by atoms with E-state index in [0.29, 0.717) is 31.2 Å². The zero-order valence-corrected chi connectivity index (χ0v) is 17.2. The van der Waals surface area contributed by atoms with E-state index in [4.69, 9.17) is 9.84 Å². The third-order valence-electron chi connectivity index (χ3n) is 6.22. The van der Waals surface area contributed by atoms with Gasteiger partial charge in [-0.2, -0.15) is 5.10 Å². The van der Waals surface area contributed by atoms with E-state index in [1.807, 2.05) is 21.7 Å². The molecule has 30 heavy (non-hydrogen) atoms. The number of nitrogens with zero attached hydrogens (tertiary/aromatic N) is 3. The van der Waals surface area contributed by atoms with Crippen LogP contribution in [0.25, 0.3) is 5.69 Å². The first-order chi connectivity index (χ1) is 14.5. The number of carbonyl (C=O) groups is 2. The maximum Gasteiger partial charge on any atom is 0.308 e. The predicted molar refractivity (Wildman–Crippen MR) is 112 cm³/mol. The van der Waals surface area contributed by atoms with E-state index < -0.39 is 0 Å². The van der Waals surface area contributed by atoms with Crippen molar-refractivity contribution in [1.82, 2.24) is 20.0 Å². The van der Waals surface area contributed by atoms with Crippen LogP contribution in [0.5, 0.6) is 5.75 Å². The van der Waals surface area contributed by atoms with E-state index in [-0.39, 0.29) is 17.9 Å². The standard InChI is InChI=1S/C23H26N4O3/c1-3-22(29)26-11-9-17-23-18(13-26)24-10-8-20(23)27(25-17)19-7-6-16(15-4-5-15)12-21(19)30-14(2)28/h3,6-7,12,15,18,24H,1,4-5,8-11,13H2,2H3. The number of benzene rings is 1. The molecule has 1 atom stereocenters. The normalized spacial score (nSPS) is 20.3. The van der Waals surface area contributed by atoms with Crippen molar-refractivity contribution in [2.75, 3.05) is 19.6 Å². The Hall–Kier alpha value is -2.93. The van der Waals surface area contributed by atoms with Crippen molar-refractivity contribution < 1.29 is 14.3 Å². The van der Waals surface area contributed by atoms with Crippen LogP contribution in [0.1, 0.15) is 54.2 Å². The van der Waals surface area contributed by atoms with Gasteiger partial charge in [-0.1, -0.05) is 12.6 Å². The van der Waals surface area contributed by atoms with Gasteiger partial charge < -0.3 is 15.0 Å². The maximum atomic E-state index is 12.2. The van der Waals surface area contributed by atoms with E-state index in [2.05, 4.69) is 18.0 Å². The molecule has 0 bridgehead atoms.